The Bertz CT molecular complexity index is 3210. The molecule has 18 heteroatoms. The SMILES string of the molecule is CC(C)c1ccccc1[C@@H]1CN(Cc2ccc(C3COC3)cc2)CCN1C1CC2(C1)CN(c1ccc(C(=O)NS(=O)(=O)c3ccc(NCC4CCC(C)(O)CC4)c([N+](=O)[O-])c3)c(Oc3cnc4[nH]cc(F)c4c3)c1)C2. The Kier molecular flexibility index (Phi) is 13.7. The highest BCUT2D eigenvalue weighted by Crippen LogP contribution is 2.54. The molecular formula is C57H65FN8O8S. The zero-order valence-electron chi connectivity index (χ0n) is 42.6. The van der Waals surface area contributed by atoms with Crippen molar-refractivity contribution >= 4 is 44.0 Å². The van der Waals surface area contributed by atoms with Gasteiger partial charge in [0, 0.05) is 93.2 Å². The molecule has 2 saturated carbocycles. The van der Waals surface area contributed by atoms with E-state index in [1.54, 1.807) is 19.1 Å². The smallest absolute Gasteiger partial charge is 0.293 e. The molecule has 0 bridgehead atoms. The van der Waals surface area contributed by atoms with Crippen LogP contribution in [-0.2, 0) is 21.3 Å². The van der Waals surface area contributed by atoms with E-state index in [4.69, 9.17) is 9.47 Å². The molecule has 4 N–H and O–H groups in total. The van der Waals surface area contributed by atoms with Crippen LogP contribution in [0.2, 0.25) is 0 Å². The maximum Gasteiger partial charge on any atom is 0.293 e. The van der Waals surface area contributed by atoms with E-state index in [0.29, 0.717) is 42.9 Å². The minimum atomic E-state index is -4.64. The Balaban J connectivity index is 0.788. The summed E-state index contributed by atoms with van der Waals surface area (Å²) in [5.74, 6) is -0.342. The second kappa shape index (κ2) is 20.3. The van der Waals surface area contributed by atoms with Crippen LogP contribution in [0.15, 0.2) is 108 Å². The fourth-order valence-electron chi connectivity index (χ4n) is 12.1. The molecule has 2 aromatic heterocycles. The number of H-pyrrole nitrogens is 1. The number of hydrogen-bond donors (Lipinski definition) is 4. The van der Waals surface area contributed by atoms with Gasteiger partial charge in [0.25, 0.3) is 21.6 Å². The monoisotopic (exact) mass is 1040 g/mol. The number of nitrogens with zero attached hydrogens (tertiary/aromatic N) is 5. The van der Waals surface area contributed by atoms with E-state index in [0.717, 1.165) is 89.9 Å². The number of fused-ring (bicyclic) bond motifs is 1. The molecule has 1 amide bonds. The molecule has 0 radical (unpaired) electrons. The summed E-state index contributed by atoms with van der Waals surface area (Å²) >= 11 is 0. The minimum absolute atomic E-state index is 0.0212. The Morgan fingerprint density at radius 1 is 1.01 bits per heavy atom. The maximum absolute atomic E-state index is 14.7. The number of piperazine rings is 1. The molecule has 5 aliphatic rings. The van der Waals surface area contributed by atoms with Gasteiger partial charge in [0.2, 0.25) is 0 Å². The van der Waals surface area contributed by atoms with Gasteiger partial charge < -0.3 is 29.8 Å². The highest BCUT2D eigenvalue weighted by atomic mass is 32.2. The van der Waals surface area contributed by atoms with Gasteiger partial charge in [0.15, 0.2) is 0 Å². The third kappa shape index (κ3) is 10.6. The number of carbonyl (C=O) groups is 1. The number of anilines is 2. The molecule has 1 atom stereocenters. The average molecular weight is 1040 g/mol. The number of aromatic nitrogens is 2. The predicted molar refractivity (Wildman–Crippen MR) is 284 cm³/mol. The van der Waals surface area contributed by atoms with Gasteiger partial charge in [0.1, 0.15) is 28.7 Å². The number of aliphatic hydroxyl groups is 1. The van der Waals surface area contributed by atoms with Crippen molar-refractivity contribution in [3.8, 4) is 11.5 Å². The maximum atomic E-state index is 14.7. The third-order valence-electron chi connectivity index (χ3n) is 16.6. The van der Waals surface area contributed by atoms with Crippen LogP contribution in [0.4, 0.5) is 21.5 Å². The van der Waals surface area contributed by atoms with E-state index in [1.807, 2.05) is 0 Å². The lowest BCUT2D eigenvalue weighted by atomic mass is 9.59. The lowest BCUT2D eigenvalue weighted by molar-refractivity contribution is -0.384. The van der Waals surface area contributed by atoms with E-state index in [2.05, 4.69) is 97.1 Å². The molecule has 11 rings (SSSR count). The van der Waals surface area contributed by atoms with E-state index in [1.165, 1.54) is 58.9 Å². The summed E-state index contributed by atoms with van der Waals surface area (Å²) in [5.41, 5.74) is 5.48. The van der Waals surface area contributed by atoms with Crippen LogP contribution in [0.25, 0.3) is 11.0 Å². The number of sulfonamides is 1. The van der Waals surface area contributed by atoms with Crippen LogP contribution < -0.4 is 19.7 Å². The van der Waals surface area contributed by atoms with Gasteiger partial charge in [-0.05, 0) is 110 Å². The summed E-state index contributed by atoms with van der Waals surface area (Å²) in [7, 11) is -4.64. The zero-order valence-corrected chi connectivity index (χ0v) is 43.5. The fourth-order valence-corrected chi connectivity index (χ4v) is 13.1. The quantitative estimate of drug-likeness (QED) is 0.0529. The summed E-state index contributed by atoms with van der Waals surface area (Å²) in [4.78, 5) is 39.8. The largest absolute Gasteiger partial charge is 0.455 e. The van der Waals surface area contributed by atoms with Gasteiger partial charge in [0.05, 0.1) is 45.8 Å². The number of benzene rings is 4. The molecule has 3 saturated heterocycles. The first-order chi connectivity index (χ1) is 36.0. The molecular weight excluding hydrogens is 976 g/mol. The van der Waals surface area contributed by atoms with Crippen molar-refractivity contribution in [2.75, 3.05) is 62.7 Å². The van der Waals surface area contributed by atoms with E-state index >= 15 is 0 Å². The summed E-state index contributed by atoms with van der Waals surface area (Å²) in [5, 5.41) is 25.9. The standard InChI is InChI=1S/C57H65FN8O8S/c1-36(2)45-6-4-5-7-46(45)52-31-63(30-38-8-10-39(11-9-38)40-32-73-33-40)20-21-65(52)42-25-57(26-42)34-64(35-57)41-12-14-47(53(22-41)74-43-23-48-49(58)29-61-54(48)60-28-43)55(67)62-75(71,72)44-13-15-50(51(24-44)66(69)70)59-27-37-16-18-56(3,68)19-17-37/h4-15,22-24,28-29,36-37,40,42,52,59,68H,16-21,25-27,30-35H2,1-3H3,(H,60,61)(H,62,67)/t37?,52-,56?/m0/s1. The Morgan fingerprint density at radius 3 is 2.49 bits per heavy atom. The molecule has 75 heavy (non-hydrogen) atoms. The van der Waals surface area contributed by atoms with Crippen molar-refractivity contribution in [2.45, 2.75) is 100 Å². The second-order valence-corrected chi connectivity index (χ2v) is 24.0. The van der Waals surface area contributed by atoms with Crippen LogP contribution in [-0.4, -0.2) is 108 Å². The van der Waals surface area contributed by atoms with Crippen LogP contribution in [0.5, 0.6) is 11.5 Å². The number of halogens is 1. The Labute approximate surface area is 436 Å². The van der Waals surface area contributed by atoms with Gasteiger partial charge in [-0.15, -0.1) is 0 Å². The molecule has 5 fully saturated rings. The first-order valence-corrected chi connectivity index (χ1v) is 27.7. The lowest BCUT2D eigenvalue weighted by Crippen LogP contribution is -2.68. The summed E-state index contributed by atoms with van der Waals surface area (Å²) in [6.45, 7) is 13.7. The number of nitrogens with one attached hydrogen (secondary N) is 3. The minimum Gasteiger partial charge on any atom is -0.455 e. The fraction of sp³-hybridized carbons (Fsp3) is 0.439. The topological polar surface area (TPSA) is 195 Å². The number of nitro groups is 1. The molecule has 4 aromatic carbocycles. The third-order valence-corrected chi connectivity index (χ3v) is 17.9. The lowest BCUT2D eigenvalue weighted by Gasteiger charge is -2.63. The number of ether oxygens (including phenoxy) is 2. The van der Waals surface area contributed by atoms with Gasteiger partial charge in [-0.2, -0.15) is 0 Å². The molecule has 3 aliphatic heterocycles. The number of hydrogen-bond acceptors (Lipinski definition) is 13. The van der Waals surface area contributed by atoms with E-state index < -0.39 is 42.9 Å². The van der Waals surface area contributed by atoms with Gasteiger partial charge in [-0.25, -0.2) is 22.5 Å². The molecule has 394 valence electrons. The molecule has 16 nitrogen and oxygen atoms in total. The predicted octanol–water partition coefficient (Wildman–Crippen LogP) is 9.64. The second-order valence-electron chi connectivity index (χ2n) is 22.3. The molecule has 5 heterocycles. The normalized spacial score (nSPS) is 22.4. The van der Waals surface area contributed by atoms with Crippen molar-refractivity contribution in [1.82, 2.24) is 24.5 Å². The molecule has 1 spiro atoms. The number of carbonyl (C=O) groups excluding carboxylic acids is 1. The first kappa shape index (κ1) is 50.7. The average Bonchev–Trinajstić information content (AvgIpc) is 3.72. The summed E-state index contributed by atoms with van der Waals surface area (Å²) < 4.78 is 56.2. The van der Waals surface area contributed by atoms with Crippen LogP contribution in [0.1, 0.15) is 110 Å². The number of pyridine rings is 1. The molecule has 6 aromatic rings. The van der Waals surface area contributed by atoms with Gasteiger partial charge >= 0.3 is 0 Å². The number of aromatic amines is 1. The van der Waals surface area contributed by atoms with Crippen LogP contribution in [0.3, 0.4) is 0 Å². The van der Waals surface area contributed by atoms with Crippen molar-refractivity contribution in [2.24, 2.45) is 11.3 Å². The van der Waals surface area contributed by atoms with Crippen molar-refractivity contribution in [1.29, 1.82) is 0 Å². The van der Waals surface area contributed by atoms with Crippen LogP contribution >= 0.6 is 0 Å². The number of nitro benzene ring substituents is 1. The Hall–Kier alpha value is -6.44. The summed E-state index contributed by atoms with van der Waals surface area (Å²) in [6.07, 6.45) is 7.39. The highest BCUT2D eigenvalue weighted by molar-refractivity contribution is 7.90. The highest BCUT2D eigenvalue weighted by Gasteiger charge is 2.55. The number of rotatable bonds is 16. The van der Waals surface area contributed by atoms with E-state index in [9.17, 15) is 32.8 Å². The van der Waals surface area contributed by atoms with Gasteiger partial charge in [-0.1, -0.05) is 62.4 Å². The molecule has 0 unspecified atom stereocenters. The Morgan fingerprint density at radius 2 is 1.77 bits per heavy atom. The summed E-state index contributed by atoms with van der Waals surface area (Å²) in [6, 6.07) is 28.6. The number of amides is 1. The van der Waals surface area contributed by atoms with Crippen molar-refractivity contribution < 1.29 is 37.1 Å². The first-order valence-electron chi connectivity index (χ1n) is 26.2. The zero-order chi connectivity index (χ0) is 52.2. The van der Waals surface area contributed by atoms with Crippen molar-refractivity contribution in [3.05, 3.63) is 147 Å². The van der Waals surface area contributed by atoms with E-state index in [-0.39, 0.29) is 45.5 Å². The van der Waals surface area contributed by atoms with Gasteiger partial charge in [-0.3, -0.25) is 24.7 Å². The van der Waals surface area contributed by atoms with Crippen LogP contribution in [0, 0.1) is 27.3 Å². The molecule has 2 aliphatic carbocycles. The van der Waals surface area contributed by atoms with Crippen molar-refractivity contribution in [3.63, 3.8) is 0 Å².